The molecule has 50 valence electrons. The molecule has 0 saturated heterocycles. The molecule has 0 amide bonds. The van der Waals surface area contributed by atoms with E-state index in [1.165, 1.54) is 17.0 Å². The van der Waals surface area contributed by atoms with Gasteiger partial charge < -0.3 is 5.11 Å². The van der Waals surface area contributed by atoms with Crippen LogP contribution in [0.4, 0.5) is 0 Å². The number of rotatable bonds is 2. The number of hydrazine groups is 1. The molecule has 0 bridgehead atoms. The lowest BCUT2D eigenvalue weighted by Gasteiger charge is -2.09. The first-order valence-corrected chi connectivity index (χ1v) is 3.23. The summed E-state index contributed by atoms with van der Waals surface area (Å²) in [6.45, 7) is 0.00347. The van der Waals surface area contributed by atoms with Crippen molar-refractivity contribution in [3.8, 4) is 0 Å². The van der Waals surface area contributed by atoms with Crippen LogP contribution in [0.5, 0.6) is 0 Å². The Morgan fingerprint density at radius 3 is 3.11 bits per heavy atom. The highest BCUT2D eigenvalue weighted by Crippen LogP contribution is 2.06. The zero-order valence-electron chi connectivity index (χ0n) is 4.57. The molecule has 0 aromatic rings. The third-order valence-electron chi connectivity index (χ3n) is 0.784. The minimum Gasteiger partial charge on any atom is -0.480 e. The van der Waals surface area contributed by atoms with E-state index in [9.17, 15) is 4.79 Å². The Bertz CT molecular complexity index is 148. The van der Waals surface area contributed by atoms with Gasteiger partial charge in [-0.2, -0.15) is 4.83 Å². The normalized spacial score (nSPS) is 16.7. The van der Waals surface area contributed by atoms with Gasteiger partial charge in [0.1, 0.15) is 6.54 Å². The van der Waals surface area contributed by atoms with E-state index in [2.05, 4.69) is 4.83 Å². The third-order valence-corrected chi connectivity index (χ3v) is 1.38. The van der Waals surface area contributed by atoms with E-state index in [1.54, 1.807) is 11.6 Å². The average Bonchev–Trinajstić information content (AvgIpc) is 2.15. The van der Waals surface area contributed by atoms with Crippen molar-refractivity contribution in [3.05, 3.63) is 11.6 Å². The van der Waals surface area contributed by atoms with Gasteiger partial charge in [-0.25, -0.2) is 0 Å². The Morgan fingerprint density at radius 1 is 1.89 bits per heavy atom. The lowest BCUT2D eigenvalue weighted by molar-refractivity contribution is -0.137. The van der Waals surface area contributed by atoms with Crippen molar-refractivity contribution in [2.75, 3.05) is 6.54 Å². The van der Waals surface area contributed by atoms with Crippen molar-refractivity contribution < 1.29 is 9.90 Å². The van der Waals surface area contributed by atoms with Crippen molar-refractivity contribution in [2.45, 2.75) is 0 Å². The fraction of sp³-hybridized carbons (Fsp3) is 0.250. The van der Waals surface area contributed by atoms with E-state index in [-0.39, 0.29) is 6.54 Å². The molecule has 4 nitrogen and oxygen atoms in total. The van der Waals surface area contributed by atoms with E-state index in [0.717, 1.165) is 0 Å². The van der Waals surface area contributed by atoms with Crippen LogP contribution in [-0.2, 0) is 4.79 Å². The number of carboxylic acids is 1. The smallest absolute Gasteiger partial charge is 0.324 e. The van der Waals surface area contributed by atoms with Gasteiger partial charge >= 0.3 is 5.97 Å². The number of carboxylic acid groups (broad SMARTS) is 1. The van der Waals surface area contributed by atoms with Crippen molar-refractivity contribution in [2.24, 2.45) is 0 Å². The van der Waals surface area contributed by atoms with Crippen LogP contribution in [0.2, 0.25) is 0 Å². The second-order valence-electron chi connectivity index (χ2n) is 1.52. The molecular formula is C4H6N2O2S. The zero-order chi connectivity index (χ0) is 6.69. The molecule has 0 fully saturated rings. The average molecular weight is 146 g/mol. The van der Waals surface area contributed by atoms with Gasteiger partial charge in [-0.1, -0.05) is 0 Å². The number of hydrogen-bond donors (Lipinski definition) is 2. The van der Waals surface area contributed by atoms with Crippen LogP contribution in [0.1, 0.15) is 0 Å². The summed E-state index contributed by atoms with van der Waals surface area (Å²) in [5.74, 6) is -0.838. The molecule has 1 heterocycles. The molecule has 2 N–H and O–H groups in total. The summed E-state index contributed by atoms with van der Waals surface area (Å²) in [6.07, 6.45) is 1.68. The SMILES string of the molecule is O=C(O)CN1C=CSN1. The Balaban J connectivity index is 2.28. The highest BCUT2D eigenvalue weighted by molar-refractivity contribution is 8.00. The molecule has 0 radical (unpaired) electrons. The summed E-state index contributed by atoms with van der Waals surface area (Å²) < 4.78 is 0. The second-order valence-corrected chi connectivity index (χ2v) is 2.21. The molecule has 0 aliphatic carbocycles. The minimum absolute atomic E-state index is 0.00347. The van der Waals surface area contributed by atoms with Crippen LogP contribution in [0.15, 0.2) is 11.6 Å². The quantitative estimate of drug-likeness (QED) is 0.537. The second kappa shape index (κ2) is 2.75. The Kier molecular flexibility index (Phi) is 1.96. The number of nitrogens with zero attached hydrogens (tertiary/aromatic N) is 1. The van der Waals surface area contributed by atoms with Gasteiger partial charge in [0.2, 0.25) is 0 Å². The highest BCUT2D eigenvalue weighted by Gasteiger charge is 2.06. The van der Waals surface area contributed by atoms with Gasteiger partial charge in [-0.15, -0.1) is 0 Å². The summed E-state index contributed by atoms with van der Waals surface area (Å²) >= 11 is 1.36. The fourth-order valence-electron chi connectivity index (χ4n) is 0.463. The van der Waals surface area contributed by atoms with Crippen molar-refractivity contribution in [1.29, 1.82) is 0 Å². The maximum Gasteiger partial charge on any atom is 0.324 e. The monoisotopic (exact) mass is 146 g/mol. The molecular weight excluding hydrogens is 140 g/mol. The van der Waals surface area contributed by atoms with Crippen molar-refractivity contribution in [3.63, 3.8) is 0 Å². The maximum atomic E-state index is 10.0. The van der Waals surface area contributed by atoms with E-state index >= 15 is 0 Å². The van der Waals surface area contributed by atoms with Crippen LogP contribution < -0.4 is 4.83 Å². The standard InChI is InChI=1S/C4H6N2O2S/c7-4(8)3-6-1-2-9-5-6/h1-2,5H,3H2,(H,7,8). The fourth-order valence-corrected chi connectivity index (χ4v) is 0.993. The van der Waals surface area contributed by atoms with E-state index in [0.29, 0.717) is 0 Å². The zero-order valence-corrected chi connectivity index (χ0v) is 5.39. The van der Waals surface area contributed by atoms with Gasteiger partial charge in [0.25, 0.3) is 0 Å². The van der Waals surface area contributed by atoms with Gasteiger partial charge in [0, 0.05) is 11.6 Å². The van der Waals surface area contributed by atoms with Gasteiger partial charge in [-0.05, 0) is 11.9 Å². The first-order valence-electron chi connectivity index (χ1n) is 2.35. The maximum absolute atomic E-state index is 10.0. The molecule has 5 heteroatoms. The summed E-state index contributed by atoms with van der Waals surface area (Å²) in [5.41, 5.74) is 0. The van der Waals surface area contributed by atoms with Gasteiger partial charge in [0.05, 0.1) is 0 Å². The molecule has 1 aliphatic rings. The first kappa shape index (κ1) is 6.44. The Hall–Kier alpha value is -0.680. The largest absolute Gasteiger partial charge is 0.480 e. The summed E-state index contributed by atoms with van der Waals surface area (Å²) in [6, 6.07) is 0. The third kappa shape index (κ3) is 1.95. The molecule has 0 atom stereocenters. The van der Waals surface area contributed by atoms with E-state index < -0.39 is 5.97 Å². The topological polar surface area (TPSA) is 52.6 Å². The Morgan fingerprint density at radius 2 is 2.67 bits per heavy atom. The highest BCUT2D eigenvalue weighted by atomic mass is 32.2. The molecule has 9 heavy (non-hydrogen) atoms. The predicted octanol–water partition coefficient (Wildman–Crippen LogP) is 0.0106. The minimum atomic E-state index is -0.838. The summed E-state index contributed by atoms with van der Waals surface area (Å²) in [5, 5.41) is 11.5. The van der Waals surface area contributed by atoms with Crippen LogP contribution in [0, 0.1) is 0 Å². The first-order chi connectivity index (χ1) is 4.29. The molecule has 1 rings (SSSR count). The number of nitrogens with one attached hydrogen (secondary N) is 1. The summed E-state index contributed by atoms with van der Waals surface area (Å²) in [7, 11) is 0. The lowest BCUT2D eigenvalue weighted by atomic mass is 10.6. The van der Waals surface area contributed by atoms with E-state index in [4.69, 9.17) is 5.11 Å². The van der Waals surface area contributed by atoms with Crippen LogP contribution in [-0.4, -0.2) is 22.6 Å². The van der Waals surface area contributed by atoms with Crippen LogP contribution in [0.25, 0.3) is 0 Å². The van der Waals surface area contributed by atoms with Crippen molar-refractivity contribution >= 4 is 17.9 Å². The molecule has 0 spiro atoms. The number of hydrogen-bond acceptors (Lipinski definition) is 4. The predicted molar refractivity (Wildman–Crippen MR) is 34.2 cm³/mol. The Labute approximate surface area is 56.6 Å². The van der Waals surface area contributed by atoms with Crippen molar-refractivity contribution in [1.82, 2.24) is 9.84 Å². The van der Waals surface area contributed by atoms with Gasteiger partial charge in [-0.3, -0.25) is 9.80 Å². The number of aliphatic carboxylic acids is 1. The molecule has 0 unspecified atom stereocenters. The van der Waals surface area contributed by atoms with Crippen LogP contribution in [0.3, 0.4) is 0 Å². The molecule has 0 aromatic heterocycles. The van der Waals surface area contributed by atoms with Crippen LogP contribution >= 0.6 is 11.9 Å². The van der Waals surface area contributed by atoms with E-state index in [1.807, 2.05) is 0 Å². The molecule has 0 aromatic carbocycles. The van der Waals surface area contributed by atoms with Gasteiger partial charge in [0.15, 0.2) is 0 Å². The lowest BCUT2D eigenvalue weighted by Crippen LogP contribution is -2.29. The molecule has 0 saturated carbocycles. The molecule has 1 aliphatic heterocycles. The summed E-state index contributed by atoms with van der Waals surface area (Å²) in [4.78, 5) is 12.8. The number of carbonyl (C=O) groups is 1.